The van der Waals surface area contributed by atoms with Crippen LogP contribution in [0.15, 0.2) is 28.7 Å². The maximum absolute atomic E-state index is 12.3. The van der Waals surface area contributed by atoms with Crippen LogP contribution in [0.5, 0.6) is 0 Å². The van der Waals surface area contributed by atoms with E-state index < -0.39 is 11.4 Å². The third-order valence-electron chi connectivity index (χ3n) is 4.82. The fourth-order valence-electron chi connectivity index (χ4n) is 3.35. The fourth-order valence-corrected chi connectivity index (χ4v) is 3.35. The monoisotopic (exact) mass is 315 g/mol. The highest BCUT2D eigenvalue weighted by Crippen LogP contribution is 2.36. The highest BCUT2D eigenvalue weighted by molar-refractivity contribution is 5.96. The summed E-state index contributed by atoms with van der Waals surface area (Å²) in [7, 11) is 0. The Kier molecular flexibility index (Phi) is 4.11. The molecule has 0 bridgehead atoms. The van der Waals surface area contributed by atoms with Gasteiger partial charge in [0, 0.05) is 11.9 Å². The number of nitrogens with one attached hydrogen (secondary N) is 1. The number of fused-ring (bicyclic) bond motifs is 1. The van der Waals surface area contributed by atoms with Crippen LogP contribution >= 0.6 is 0 Å². The van der Waals surface area contributed by atoms with Crippen LogP contribution < -0.4 is 5.32 Å². The minimum atomic E-state index is -0.837. The smallest absolute Gasteiger partial charge is 0.311 e. The molecular formula is C18H21NO4. The molecule has 1 aliphatic rings. The van der Waals surface area contributed by atoms with E-state index in [2.05, 4.69) is 5.32 Å². The van der Waals surface area contributed by atoms with Gasteiger partial charge in [-0.25, -0.2) is 0 Å². The summed E-state index contributed by atoms with van der Waals surface area (Å²) in [6, 6.07) is 7.43. The van der Waals surface area contributed by atoms with Crippen LogP contribution in [0.3, 0.4) is 0 Å². The number of carbonyl (C=O) groups excluding carboxylic acids is 1. The Morgan fingerprint density at radius 1 is 1.26 bits per heavy atom. The van der Waals surface area contributed by atoms with Gasteiger partial charge in [0.1, 0.15) is 5.58 Å². The topological polar surface area (TPSA) is 79.5 Å². The van der Waals surface area contributed by atoms with E-state index in [1.54, 1.807) is 6.07 Å². The van der Waals surface area contributed by atoms with Crippen LogP contribution in [0.25, 0.3) is 11.0 Å². The molecule has 1 heterocycles. The van der Waals surface area contributed by atoms with Crippen molar-refractivity contribution in [1.29, 1.82) is 0 Å². The Morgan fingerprint density at radius 2 is 2.00 bits per heavy atom. The molecule has 1 aromatic carbocycles. The molecule has 0 aliphatic heterocycles. The van der Waals surface area contributed by atoms with Crippen molar-refractivity contribution in [3.8, 4) is 0 Å². The first-order chi connectivity index (χ1) is 11.0. The van der Waals surface area contributed by atoms with Gasteiger partial charge in [-0.05, 0) is 31.4 Å². The standard InChI is InChI=1S/C18H21NO4/c1-12-6-5-7-13-10-14(23-15(12)13)16(20)19-11-18(17(21)22)8-3-2-4-9-18/h5-7,10H,2-4,8-9,11H2,1H3,(H,19,20)(H,21,22). The van der Waals surface area contributed by atoms with Crippen LogP contribution in [-0.4, -0.2) is 23.5 Å². The number of hydrogen-bond acceptors (Lipinski definition) is 3. The Balaban J connectivity index is 1.75. The molecule has 2 aromatic rings. The number of carbonyl (C=O) groups is 2. The number of furan rings is 1. The van der Waals surface area contributed by atoms with Crippen LogP contribution in [0.1, 0.15) is 48.2 Å². The molecule has 2 N–H and O–H groups in total. The molecule has 0 spiro atoms. The van der Waals surface area contributed by atoms with E-state index in [9.17, 15) is 14.7 Å². The summed E-state index contributed by atoms with van der Waals surface area (Å²) in [4.78, 5) is 24.0. The van der Waals surface area contributed by atoms with Gasteiger partial charge in [0.15, 0.2) is 5.76 Å². The van der Waals surface area contributed by atoms with E-state index >= 15 is 0 Å². The lowest BCUT2D eigenvalue weighted by Gasteiger charge is -2.33. The molecule has 1 aromatic heterocycles. The average molecular weight is 315 g/mol. The highest BCUT2D eigenvalue weighted by atomic mass is 16.4. The second-order valence-electron chi connectivity index (χ2n) is 6.43. The molecule has 3 rings (SSSR count). The number of benzene rings is 1. The van der Waals surface area contributed by atoms with Crippen LogP contribution in [-0.2, 0) is 4.79 Å². The average Bonchev–Trinajstić information content (AvgIpc) is 2.99. The largest absolute Gasteiger partial charge is 0.481 e. The zero-order chi connectivity index (χ0) is 16.4. The van der Waals surface area contributed by atoms with Crippen molar-refractivity contribution in [2.45, 2.75) is 39.0 Å². The summed E-state index contributed by atoms with van der Waals surface area (Å²) < 4.78 is 5.63. The Bertz CT molecular complexity index is 741. The lowest BCUT2D eigenvalue weighted by molar-refractivity contribution is -0.150. The van der Waals surface area contributed by atoms with Crippen molar-refractivity contribution in [3.63, 3.8) is 0 Å². The summed E-state index contributed by atoms with van der Waals surface area (Å²) in [6.07, 6.45) is 4.08. The second-order valence-corrected chi connectivity index (χ2v) is 6.43. The number of para-hydroxylation sites is 1. The first-order valence-electron chi connectivity index (χ1n) is 8.03. The van der Waals surface area contributed by atoms with E-state index in [-0.39, 0.29) is 18.2 Å². The summed E-state index contributed by atoms with van der Waals surface area (Å²) in [5.74, 6) is -0.949. The SMILES string of the molecule is Cc1cccc2cc(C(=O)NCC3(C(=O)O)CCCCC3)oc12. The first-order valence-corrected chi connectivity index (χ1v) is 8.03. The first kappa shape index (κ1) is 15.6. The van der Waals surface area contributed by atoms with Crippen molar-refractivity contribution >= 4 is 22.8 Å². The Hall–Kier alpha value is -2.30. The molecule has 0 atom stereocenters. The van der Waals surface area contributed by atoms with Gasteiger partial charge < -0.3 is 14.8 Å². The third-order valence-corrected chi connectivity index (χ3v) is 4.82. The van der Waals surface area contributed by atoms with Gasteiger partial charge >= 0.3 is 5.97 Å². The number of aliphatic carboxylic acids is 1. The number of rotatable bonds is 4. The van der Waals surface area contributed by atoms with Crippen molar-refractivity contribution in [2.75, 3.05) is 6.54 Å². The molecule has 0 unspecified atom stereocenters. The van der Waals surface area contributed by atoms with Crippen LogP contribution in [0, 0.1) is 12.3 Å². The van der Waals surface area contributed by atoms with Gasteiger partial charge in [0.25, 0.3) is 5.91 Å². The number of aryl methyl sites for hydroxylation is 1. The van der Waals surface area contributed by atoms with E-state index in [0.717, 1.165) is 30.2 Å². The predicted molar refractivity (Wildman–Crippen MR) is 86.4 cm³/mol. The molecule has 0 radical (unpaired) electrons. The Morgan fingerprint density at radius 3 is 2.65 bits per heavy atom. The lowest BCUT2D eigenvalue weighted by atomic mass is 9.74. The van der Waals surface area contributed by atoms with Crippen LogP contribution in [0.2, 0.25) is 0 Å². The summed E-state index contributed by atoms with van der Waals surface area (Å²) in [5.41, 5.74) is 0.828. The summed E-state index contributed by atoms with van der Waals surface area (Å²) in [6.45, 7) is 2.08. The van der Waals surface area contributed by atoms with Gasteiger partial charge in [-0.1, -0.05) is 37.5 Å². The van der Waals surface area contributed by atoms with Gasteiger partial charge in [-0.15, -0.1) is 0 Å². The summed E-state index contributed by atoms with van der Waals surface area (Å²) >= 11 is 0. The highest BCUT2D eigenvalue weighted by Gasteiger charge is 2.40. The summed E-state index contributed by atoms with van der Waals surface area (Å²) in [5, 5.41) is 13.2. The lowest BCUT2D eigenvalue weighted by Crippen LogP contribution is -2.44. The second kappa shape index (κ2) is 6.07. The Labute approximate surface area is 134 Å². The molecule has 1 saturated carbocycles. The zero-order valence-corrected chi connectivity index (χ0v) is 13.2. The molecule has 1 aliphatic carbocycles. The molecule has 1 fully saturated rings. The van der Waals surface area contributed by atoms with E-state index in [1.807, 2.05) is 25.1 Å². The van der Waals surface area contributed by atoms with Gasteiger partial charge in [-0.2, -0.15) is 0 Å². The maximum Gasteiger partial charge on any atom is 0.311 e. The molecular weight excluding hydrogens is 294 g/mol. The van der Waals surface area contributed by atoms with Crippen molar-refractivity contribution < 1.29 is 19.1 Å². The van der Waals surface area contributed by atoms with Crippen molar-refractivity contribution in [3.05, 3.63) is 35.6 Å². The predicted octanol–water partition coefficient (Wildman–Crippen LogP) is 3.51. The van der Waals surface area contributed by atoms with Crippen molar-refractivity contribution in [1.82, 2.24) is 5.32 Å². The normalized spacial score (nSPS) is 17.1. The number of hydrogen-bond donors (Lipinski definition) is 2. The number of carboxylic acids is 1. The maximum atomic E-state index is 12.3. The molecule has 1 amide bonds. The van der Waals surface area contributed by atoms with Gasteiger partial charge in [-0.3, -0.25) is 9.59 Å². The van der Waals surface area contributed by atoms with Crippen LogP contribution in [0.4, 0.5) is 0 Å². The molecule has 23 heavy (non-hydrogen) atoms. The number of carboxylic acid groups (broad SMARTS) is 1. The fraction of sp³-hybridized carbons (Fsp3) is 0.444. The third kappa shape index (κ3) is 2.96. The quantitative estimate of drug-likeness (QED) is 0.905. The van der Waals surface area contributed by atoms with Crippen molar-refractivity contribution in [2.24, 2.45) is 5.41 Å². The van der Waals surface area contributed by atoms with E-state index in [1.165, 1.54) is 0 Å². The molecule has 0 saturated heterocycles. The molecule has 5 heteroatoms. The van der Waals surface area contributed by atoms with Gasteiger partial charge in [0.2, 0.25) is 0 Å². The molecule has 5 nitrogen and oxygen atoms in total. The van der Waals surface area contributed by atoms with Gasteiger partial charge in [0.05, 0.1) is 5.41 Å². The zero-order valence-electron chi connectivity index (χ0n) is 13.2. The van der Waals surface area contributed by atoms with E-state index in [0.29, 0.717) is 18.4 Å². The minimum Gasteiger partial charge on any atom is -0.481 e. The molecule has 122 valence electrons. The van der Waals surface area contributed by atoms with E-state index in [4.69, 9.17) is 4.42 Å². The number of amides is 1. The minimum absolute atomic E-state index is 0.150.